The van der Waals surface area contributed by atoms with Gasteiger partial charge in [-0.1, -0.05) is 57.2 Å². The molecule has 1 aromatic heterocycles. The van der Waals surface area contributed by atoms with Gasteiger partial charge in [0.15, 0.2) is 11.4 Å². The van der Waals surface area contributed by atoms with Gasteiger partial charge >= 0.3 is 5.69 Å². The van der Waals surface area contributed by atoms with Gasteiger partial charge in [0.1, 0.15) is 23.1 Å². The molecule has 0 unspecified atom stereocenters. The maximum atomic E-state index is 13.7. The highest BCUT2D eigenvalue weighted by Crippen LogP contribution is 2.26. The Bertz CT molecular complexity index is 1620. The summed E-state index contributed by atoms with van der Waals surface area (Å²) in [7, 11) is 3.23. The molecule has 0 saturated heterocycles. The number of hydrogen-bond donors (Lipinski definition) is 0. The number of Topliss-reactive ketones (excluding diaryl/α,β-unsaturated/α-hetero) is 1. The van der Waals surface area contributed by atoms with Crippen molar-refractivity contribution >= 4 is 5.78 Å². The minimum atomic E-state index is -0.870. The number of rotatable bonds is 13. The summed E-state index contributed by atoms with van der Waals surface area (Å²) < 4.78 is 20.1. The molecule has 0 aliphatic heterocycles. The van der Waals surface area contributed by atoms with Gasteiger partial charge in [0.2, 0.25) is 0 Å². The minimum absolute atomic E-state index is 0.0266. The molecule has 8 heteroatoms. The Kier molecular flexibility index (Phi) is 10.0. The molecule has 0 N–H and O–H groups in total. The molecule has 0 spiro atoms. The van der Waals surface area contributed by atoms with E-state index in [1.54, 1.807) is 37.3 Å². The third-order valence-corrected chi connectivity index (χ3v) is 7.98. The van der Waals surface area contributed by atoms with Crippen molar-refractivity contribution in [2.45, 2.75) is 84.9 Å². The van der Waals surface area contributed by atoms with Crippen LogP contribution in [0.3, 0.4) is 0 Å². The molecule has 0 aliphatic carbocycles. The normalized spacial score (nSPS) is 11.8. The Morgan fingerprint density at radius 3 is 2.02 bits per heavy atom. The van der Waals surface area contributed by atoms with Crippen LogP contribution in [0.25, 0.3) is 0 Å². The zero-order chi connectivity index (χ0) is 32.1. The Morgan fingerprint density at radius 2 is 1.43 bits per heavy atom. The number of ether oxygens (including phenoxy) is 3. The summed E-state index contributed by atoms with van der Waals surface area (Å²) in [4.78, 5) is 25.6. The van der Waals surface area contributed by atoms with Crippen LogP contribution in [0.2, 0.25) is 0 Å². The maximum Gasteiger partial charge on any atom is 0.346 e. The number of benzene rings is 3. The van der Waals surface area contributed by atoms with E-state index < -0.39 is 5.60 Å². The predicted molar refractivity (Wildman–Crippen MR) is 173 cm³/mol. The van der Waals surface area contributed by atoms with E-state index in [1.165, 1.54) is 12.5 Å². The maximum absolute atomic E-state index is 13.7. The van der Waals surface area contributed by atoms with Crippen LogP contribution in [0.5, 0.6) is 17.2 Å². The summed E-state index contributed by atoms with van der Waals surface area (Å²) >= 11 is 0. The fourth-order valence-corrected chi connectivity index (χ4v) is 4.91. The third kappa shape index (κ3) is 7.98. The van der Waals surface area contributed by atoms with Gasteiger partial charge < -0.3 is 14.2 Å². The standard InChI is InChI=1S/C36H45N3O5/c1-25(40)36(5,6)44-30-19-14-26(15-20-30)10-9-11-33-37-39(23-27-12-17-29(18-13-27)35(2,3)4)34(41)38(33)24-28-16-21-31(42-7)22-32(28)43-8/h12-22H,9-11,23-24H2,1-8H3. The molecule has 3 aromatic carbocycles. The predicted octanol–water partition coefficient (Wildman–Crippen LogP) is 6.38. The van der Waals surface area contributed by atoms with E-state index >= 15 is 0 Å². The topological polar surface area (TPSA) is 84.6 Å². The van der Waals surface area contributed by atoms with Crippen LogP contribution in [-0.4, -0.2) is 40.0 Å². The van der Waals surface area contributed by atoms with Crippen LogP contribution in [0, 0.1) is 0 Å². The second-order valence-corrected chi connectivity index (χ2v) is 12.7. The summed E-state index contributed by atoms with van der Waals surface area (Å²) in [6.45, 7) is 12.3. The molecule has 4 aromatic rings. The van der Waals surface area contributed by atoms with E-state index in [2.05, 4.69) is 45.0 Å². The molecule has 0 fully saturated rings. The van der Waals surface area contributed by atoms with Gasteiger partial charge in [-0.2, -0.15) is 5.10 Å². The van der Waals surface area contributed by atoms with Gasteiger partial charge in [-0.3, -0.25) is 9.36 Å². The molecule has 0 atom stereocenters. The first-order chi connectivity index (χ1) is 20.8. The summed E-state index contributed by atoms with van der Waals surface area (Å²) in [5.74, 6) is 2.70. The fourth-order valence-electron chi connectivity index (χ4n) is 4.91. The first kappa shape index (κ1) is 32.6. The molecule has 0 aliphatic rings. The van der Waals surface area contributed by atoms with E-state index in [4.69, 9.17) is 19.3 Å². The van der Waals surface area contributed by atoms with Gasteiger partial charge in [0.25, 0.3) is 0 Å². The molecule has 1 heterocycles. The second kappa shape index (κ2) is 13.5. The van der Waals surface area contributed by atoms with E-state index in [1.807, 2.05) is 42.5 Å². The number of carbonyl (C=O) groups is 1. The van der Waals surface area contributed by atoms with Gasteiger partial charge in [0.05, 0.1) is 27.3 Å². The first-order valence-electron chi connectivity index (χ1n) is 15.1. The van der Waals surface area contributed by atoms with E-state index in [-0.39, 0.29) is 16.9 Å². The Morgan fingerprint density at radius 1 is 0.795 bits per heavy atom. The van der Waals surface area contributed by atoms with Crippen molar-refractivity contribution in [3.8, 4) is 17.2 Å². The highest BCUT2D eigenvalue weighted by molar-refractivity contribution is 5.84. The van der Waals surface area contributed by atoms with Gasteiger partial charge in [-0.15, -0.1) is 0 Å². The van der Waals surface area contributed by atoms with Gasteiger partial charge in [0, 0.05) is 18.1 Å². The van der Waals surface area contributed by atoms with E-state index in [0.717, 1.165) is 35.4 Å². The Hall–Kier alpha value is -4.33. The first-order valence-corrected chi connectivity index (χ1v) is 15.1. The van der Waals surface area contributed by atoms with Crippen LogP contribution in [0.4, 0.5) is 0 Å². The van der Waals surface area contributed by atoms with Crippen LogP contribution in [0.1, 0.15) is 76.0 Å². The molecular formula is C36H45N3O5. The lowest BCUT2D eigenvalue weighted by Crippen LogP contribution is -2.36. The fraction of sp³-hybridized carbons (Fsp3) is 0.417. The second-order valence-electron chi connectivity index (χ2n) is 12.7. The number of ketones is 1. The van der Waals surface area contributed by atoms with Crippen LogP contribution in [-0.2, 0) is 36.1 Å². The smallest absolute Gasteiger partial charge is 0.346 e. The zero-order valence-electron chi connectivity index (χ0n) is 27.3. The number of carbonyl (C=O) groups excluding carboxylic acids is 1. The van der Waals surface area contributed by atoms with Crippen molar-refractivity contribution in [3.05, 3.63) is 105 Å². The Balaban J connectivity index is 1.55. The van der Waals surface area contributed by atoms with Crippen molar-refractivity contribution in [1.82, 2.24) is 14.3 Å². The van der Waals surface area contributed by atoms with Gasteiger partial charge in [-0.25, -0.2) is 9.48 Å². The highest BCUT2D eigenvalue weighted by Gasteiger charge is 2.25. The van der Waals surface area contributed by atoms with Crippen molar-refractivity contribution < 1.29 is 19.0 Å². The minimum Gasteiger partial charge on any atom is -0.497 e. The molecule has 0 radical (unpaired) electrons. The summed E-state index contributed by atoms with van der Waals surface area (Å²) in [5.41, 5.74) is 3.30. The molecule has 0 saturated carbocycles. The number of aromatic nitrogens is 3. The number of nitrogens with zero attached hydrogens (tertiary/aromatic N) is 3. The average Bonchev–Trinajstić information content (AvgIpc) is 3.26. The third-order valence-electron chi connectivity index (χ3n) is 7.98. The SMILES string of the molecule is COc1ccc(Cn2c(CCCc3ccc(OC(C)(C)C(C)=O)cc3)nn(Cc3ccc(C(C)(C)C)cc3)c2=O)c(OC)c1. The molecular weight excluding hydrogens is 554 g/mol. The molecule has 44 heavy (non-hydrogen) atoms. The van der Waals surface area contributed by atoms with E-state index in [9.17, 15) is 9.59 Å². The summed E-state index contributed by atoms with van der Waals surface area (Å²) in [6, 6.07) is 21.8. The largest absolute Gasteiger partial charge is 0.497 e. The van der Waals surface area contributed by atoms with Crippen molar-refractivity contribution in [2.75, 3.05) is 14.2 Å². The summed E-state index contributed by atoms with van der Waals surface area (Å²) in [6.07, 6.45) is 2.23. The average molecular weight is 600 g/mol. The number of aryl methyl sites for hydroxylation is 2. The number of hydrogen-bond acceptors (Lipinski definition) is 6. The lowest BCUT2D eigenvalue weighted by molar-refractivity contribution is -0.129. The Labute approximate surface area is 260 Å². The molecule has 8 nitrogen and oxygen atoms in total. The van der Waals surface area contributed by atoms with Crippen molar-refractivity contribution in [2.24, 2.45) is 0 Å². The van der Waals surface area contributed by atoms with Crippen LogP contribution < -0.4 is 19.9 Å². The summed E-state index contributed by atoms with van der Waals surface area (Å²) in [5, 5.41) is 4.81. The van der Waals surface area contributed by atoms with Crippen molar-refractivity contribution in [3.63, 3.8) is 0 Å². The molecule has 234 valence electrons. The zero-order valence-corrected chi connectivity index (χ0v) is 27.3. The number of methoxy groups -OCH3 is 2. The van der Waals surface area contributed by atoms with Crippen LogP contribution >= 0.6 is 0 Å². The monoisotopic (exact) mass is 599 g/mol. The van der Waals surface area contributed by atoms with Gasteiger partial charge in [-0.05, 0) is 80.0 Å². The molecule has 4 rings (SSSR count). The van der Waals surface area contributed by atoms with Crippen LogP contribution in [0.15, 0.2) is 71.5 Å². The lowest BCUT2D eigenvalue weighted by atomic mass is 9.87. The molecule has 0 amide bonds. The van der Waals surface area contributed by atoms with Crippen molar-refractivity contribution in [1.29, 1.82) is 0 Å². The lowest BCUT2D eigenvalue weighted by Gasteiger charge is -2.23. The highest BCUT2D eigenvalue weighted by atomic mass is 16.5. The quantitative estimate of drug-likeness (QED) is 0.177. The van der Waals surface area contributed by atoms with E-state index in [0.29, 0.717) is 36.8 Å². The molecule has 0 bridgehead atoms.